The predicted molar refractivity (Wildman–Crippen MR) is 174 cm³/mol. The van der Waals surface area contributed by atoms with Gasteiger partial charge in [-0.05, 0) is 60.2 Å². The third kappa shape index (κ3) is 6.15. The number of rotatable bonds is 10. The number of fused-ring (bicyclic) bond motifs is 1. The van der Waals surface area contributed by atoms with Crippen LogP contribution in [0.2, 0.25) is 0 Å². The number of anilines is 1. The van der Waals surface area contributed by atoms with Crippen molar-refractivity contribution in [3.8, 4) is 45.6 Å². The third-order valence-corrected chi connectivity index (χ3v) is 7.18. The molecule has 0 radical (unpaired) electrons. The first-order chi connectivity index (χ1) is 21.7. The number of aromatic nitrogens is 2. The molecule has 0 bridgehead atoms. The Morgan fingerprint density at radius 2 is 1.48 bits per heavy atom. The van der Waals surface area contributed by atoms with E-state index in [0.717, 1.165) is 0 Å². The molecule has 5 rings (SSSR count). The van der Waals surface area contributed by atoms with Crippen LogP contribution in [0.1, 0.15) is 16.1 Å². The molecule has 13 heteroatoms. The molecule has 0 unspecified atom stereocenters. The van der Waals surface area contributed by atoms with Crippen molar-refractivity contribution in [2.45, 2.75) is 6.61 Å². The van der Waals surface area contributed by atoms with E-state index in [2.05, 4.69) is 0 Å². The molecule has 3 aromatic carbocycles. The van der Waals surface area contributed by atoms with Crippen molar-refractivity contribution >= 4 is 34.8 Å². The second kappa shape index (κ2) is 14.0. The number of ether oxygens (including phenoxy) is 6. The molecule has 46 heavy (non-hydrogen) atoms. The number of carbonyl (C=O) groups is 1. The summed E-state index contributed by atoms with van der Waals surface area (Å²) in [6.07, 6.45) is 2.75. The number of pyridine rings is 2. The molecule has 2 heterocycles. The fraction of sp³-hybridized carbons (Fsp3) is 0.182. The number of carbonyl (C=O) groups excluding carboxylic acids is 1. The molecular weight excluding hydrogens is 618 g/mol. The van der Waals surface area contributed by atoms with E-state index in [4.69, 9.17) is 34.2 Å². The van der Waals surface area contributed by atoms with Crippen molar-refractivity contribution in [3.05, 3.63) is 99.9 Å². The largest absolute Gasteiger partial charge is 0.619 e. The molecule has 2 N–H and O–H groups in total. The summed E-state index contributed by atoms with van der Waals surface area (Å²) in [5, 5.41) is 12.3. The van der Waals surface area contributed by atoms with E-state index in [9.17, 15) is 14.8 Å². The van der Waals surface area contributed by atoms with Crippen LogP contribution in [-0.4, -0.2) is 46.1 Å². The van der Waals surface area contributed by atoms with Gasteiger partial charge in [0.15, 0.2) is 35.4 Å². The molecule has 2 aromatic heterocycles. The molecule has 0 aliphatic heterocycles. The Kier molecular flexibility index (Phi) is 10.1. The number of nitrogens with zero attached hydrogens (tertiary/aromatic N) is 2. The van der Waals surface area contributed by atoms with Crippen LogP contribution in [0.15, 0.2) is 77.9 Å². The molecule has 0 fully saturated rings. The SMILES string of the molecule is COC(=O)c1c(-c2cc(OC)c(OC)c(OC)c2)c2cc(OC)c(OCc3ccc[n+]([O-])c3)cc2c(=O)n1-c1ccc(N)cc1.Cl. The van der Waals surface area contributed by atoms with Crippen LogP contribution in [0.4, 0.5) is 5.69 Å². The van der Waals surface area contributed by atoms with Crippen molar-refractivity contribution in [1.82, 2.24) is 4.57 Å². The highest BCUT2D eigenvalue weighted by atomic mass is 35.5. The van der Waals surface area contributed by atoms with Crippen LogP contribution < -0.4 is 39.7 Å². The Hall–Kier alpha value is -5.62. The van der Waals surface area contributed by atoms with Crippen molar-refractivity contribution in [2.24, 2.45) is 0 Å². The summed E-state index contributed by atoms with van der Waals surface area (Å²) in [4.78, 5) is 28.0. The minimum absolute atomic E-state index is 0. The van der Waals surface area contributed by atoms with Gasteiger partial charge in [0.2, 0.25) is 5.75 Å². The highest BCUT2D eigenvalue weighted by Gasteiger charge is 2.28. The molecule has 0 atom stereocenters. The van der Waals surface area contributed by atoms with E-state index < -0.39 is 11.5 Å². The van der Waals surface area contributed by atoms with Gasteiger partial charge in [0, 0.05) is 28.4 Å². The van der Waals surface area contributed by atoms with Crippen LogP contribution >= 0.6 is 12.4 Å². The maximum absolute atomic E-state index is 14.4. The number of nitrogens with two attached hydrogens (primary N) is 1. The van der Waals surface area contributed by atoms with E-state index in [0.29, 0.717) is 55.4 Å². The number of benzene rings is 3. The Balaban J connectivity index is 0.00000480. The summed E-state index contributed by atoms with van der Waals surface area (Å²) in [7, 11) is 7.12. The highest BCUT2D eigenvalue weighted by molar-refractivity contribution is 6.08. The van der Waals surface area contributed by atoms with E-state index in [1.807, 2.05) is 0 Å². The van der Waals surface area contributed by atoms with Gasteiger partial charge in [0.05, 0.1) is 46.5 Å². The molecule has 0 amide bonds. The lowest BCUT2D eigenvalue weighted by molar-refractivity contribution is -0.606. The first-order valence-electron chi connectivity index (χ1n) is 13.6. The second-order valence-electron chi connectivity index (χ2n) is 9.77. The molecule has 5 aromatic rings. The van der Waals surface area contributed by atoms with E-state index in [1.165, 1.54) is 52.5 Å². The number of esters is 1. The molecule has 0 spiro atoms. The molecule has 12 nitrogen and oxygen atoms in total. The van der Waals surface area contributed by atoms with Crippen molar-refractivity contribution < 1.29 is 37.9 Å². The molecule has 0 saturated heterocycles. The van der Waals surface area contributed by atoms with Gasteiger partial charge in [0.25, 0.3) is 5.56 Å². The molecule has 0 aliphatic rings. The standard InChI is InChI=1S/C33H31N3O9.ClH/c1-40-25-15-23-24(16-26(25)45-18-19-7-6-12-35(39)17-19)32(37)36(22-10-8-21(34)9-11-22)30(33(38)44-5)29(23)20-13-27(41-2)31(43-4)28(14-20)42-3;/h6-17H,18,34H2,1-5H3;1H. The van der Waals surface area contributed by atoms with Gasteiger partial charge in [-0.15, -0.1) is 12.4 Å². The van der Waals surface area contributed by atoms with Gasteiger partial charge in [-0.25, -0.2) is 4.79 Å². The molecule has 240 valence electrons. The Labute approximate surface area is 270 Å². The van der Waals surface area contributed by atoms with Crippen molar-refractivity contribution in [2.75, 3.05) is 41.3 Å². The molecule has 0 saturated carbocycles. The number of methoxy groups -OCH3 is 5. The topological polar surface area (TPSA) is 147 Å². The van der Waals surface area contributed by atoms with Crippen molar-refractivity contribution in [1.29, 1.82) is 0 Å². The summed E-state index contributed by atoms with van der Waals surface area (Å²) in [5.41, 5.74) is 7.58. The summed E-state index contributed by atoms with van der Waals surface area (Å²) in [6, 6.07) is 16.3. The lowest BCUT2D eigenvalue weighted by Gasteiger charge is -2.21. The summed E-state index contributed by atoms with van der Waals surface area (Å²) < 4.78 is 35.6. The third-order valence-electron chi connectivity index (χ3n) is 7.18. The zero-order valence-corrected chi connectivity index (χ0v) is 26.5. The van der Waals surface area contributed by atoms with Crippen LogP contribution in [0.3, 0.4) is 0 Å². The van der Waals surface area contributed by atoms with Gasteiger partial charge in [-0.1, -0.05) is 0 Å². The quantitative estimate of drug-likeness (QED) is 0.0977. The maximum Gasteiger partial charge on any atom is 0.355 e. The number of hydrogen-bond donors (Lipinski definition) is 1. The Bertz CT molecular complexity index is 1940. The maximum atomic E-state index is 14.4. The fourth-order valence-electron chi connectivity index (χ4n) is 5.10. The monoisotopic (exact) mass is 649 g/mol. The van der Waals surface area contributed by atoms with E-state index >= 15 is 0 Å². The Morgan fingerprint density at radius 3 is 2.04 bits per heavy atom. The fourth-order valence-corrected chi connectivity index (χ4v) is 5.10. The normalized spacial score (nSPS) is 10.5. The lowest BCUT2D eigenvalue weighted by atomic mass is 9.95. The summed E-state index contributed by atoms with van der Waals surface area (Å²) >= 11 is 0. The molecular formula is C33H32ClN3O9. The molecule has 0 aliphatic carbocycles. The minimum Gasteiger partial charge on any atom is -0.619 e. The van der Waals surface area contributed by atoms with Crippen molar-refractivity contribution in [3.63, 3.8) is 0 Å². The first kappa shape index (κ1) is 33.3. The predicted octanol–water partition coefficient (Wildman–Crippen LogP) is 4.70. The Morgan fingerprint density at radius 1 is 0.848 bits per heavy atom. The number of nitrogen functional groups attached to an aromatic ring is 1. The zero-order valence-electron chi connectivity index (χ0n) is 25.7. The van der Waals surface area contributed by atoms with E-state index in [-0.39, 0.29) is 41.6 Å². The average Bonchev–Trinajstić information content (AvgIpc) is 3.06. The van der Waals surface area contributed by atoms with Crippen LogP contribution in [0, 0.1) is 5.21 Å². The number of hydrogen-bond acceptors (Lipinski definition) is 10. The van der Waals surface area contributed by atoms with E-state index in [1.54, 1.807) is 60.7 Å². The van der Waals surface area contributed by atoms with Crippen LogP contribution in [-0.2, 0) is 11.3 Å². The van der Waals surface area contributed by atoms with Gasteiger partial charge < -0.3 is 39.4 Å². The first-order valence-corrected chi connectivity index (χ1v) is 13.6. The zero-order chi connectivity index (χ0) is 32.2. The lowest BCUT2D eigenvalue weighted by Crippen LogP contribution is -2.27. The highest BCUT2D eigenvalue weighted by Crippen LogP contribution is 2.45. The van der Waals surface area contributed by atoms with Gasteiger partial charge >= 0.3 is 5.97 Å². The average molecular weight is 650 g/mol. The minimum atomic E-state index is -0.774. The second-order valence-corrected chi connectivity index (χ2v) is 9.77. The number of halogens is 1. The van der Waals surface area contributed by atoms with Crippen LogP contribution in [0.5, 0.6) is 28.7 Å². The summed E-state index contributed by atoms with van der Waals surface area (Å²) in [5.74, 6) is 0.742. The smallest absolute Gasteiger partial charge is 0.355 e. The van der Waals surface area contributed by atoms with Gasteiger partial charge in [-0.3, -0.25) is 9.36 Å². The van der Waals surface area contributed by atoms with Crippen LogP contribution in [0.25, 0.3) is 27.6 Å². The van der Waals surface area contributed by atoms with Gasteiger partial charge in [-0.2, -0.15) is 4.73 Å². The summed E-state index contributed by atoms with van der Waals surface area (Å²) in [6.45, 7) is 0.0249. The van der Waals surface area contributed by atoms with Gasteiger partial charge in [0.1, 0.15) is 12.3 Å².